The maximum Gasteiger partial charge on any atom is 0.259 e. The molecule has 1 unspecified atom stereocenters. The number of rotatable bonds is 2. The maximum atomic E-state index is 12.1. The van der Waals surface area contributed by atoms with Crippen molar-refractivity contribution in [1.82, 2.24) is 9.88 Å². The highest BCUT2D eigenvalue weighted by atomic mass is 16.3. The molecule has 1 aliphatic heterocycles. The number of hydrogen-bond acceptors (Lipinski definition) is 3. The van der Waals surface area contributed by atoms with Gasteiger partial charge >= 0.3 is 0 Å². The second kappa shape index (κ2) is 4.71. The second-order valence-corrected chi connectivity index (χ2v) is 4.48. The molecule has 5 nitrogen and oxygen atoms in total. The molecule has 17 heavy (non-hydrogen) atoms. The second-order valence-electron chi connectivity index (χ2n) is 4.48. The van der Waals surface area contributed by atoms with E-state index in [4.69, 9.17) is 5.11 Å². The van der Waals surface area contributed by atoms with Gasteiger partial charge in [-0.2, -0.15) is 0 Å². The van der Waals surface area contributed by atoms with Crippen molar-refractivity contribution in [1.29, 1.82) is 0 Å². The van der Waals surface area contributed by atoms with Crippen LogP contribution in [0.4, 0.5) is 0 Å². The van der Waals surface area contributed by atoms with Crippen molar-refractivity contribution in [3.63, 3.8) is 0 Å². The smallest absolute Gasteiger partial charge is 0.259 e. The van der Waals surface area contributed by atoms with Crippen LogP contribution in [0.1, 0.15) is 22.5 Å². The van der Waals surface area contributed by atoms with E-state index in [2.05, 4.69) is 4.98 Å². The Morgan fingerprint density at radius 1 is 1.65 bits per heavy atom. The Balaban J connectivity index is 2.18. The Hall–Kier alpha value is -1.62. The highest BCUT2D eigenvalue weighted by Crippen LogP contribution is 2.16. The lowest BCUT2D eigenvalue weighted by Crippen LogP contribution is -2.32. The van der Waals surface area contributed by atoms with Gasteiger partial charge in [-0.05, 0) is 13.3 Å². The highest BCUT2D eigenvalue weighted by molar-refractivity contribution is 5.94. The van der Waals surface area contributed by atoms with Gasteiger partial charge in [0.1, 0.15) is 5.56 Å². The molecule has 1 aliphatic rings. The molecule has 0 bridgehead atoms. The number of carbonyl (C=O) groups is 1. The average Bonchev–Trinajstić information content (AvgIpc) is 2.76. The Morgan fingerprint density at radius 3 is 3.00 bits per heavy atom. The minimum absolute atomic E-state index is 0.0913. The van der Waals surface area contributed by atoms with E-state index in [0.29, 0.717) is 13.1 Å². The van der Waals surface area contributed by atoms with Crippen LogP contribution >= 0.6 is 0 Å². The lowest BCUT2D eigenvalue weighted by molar-refractivity contribution is 0.0780. The van der Waals surface area contributed by atoms with E-state index in [1.807, 2.05) is 0 Å². The molecule has 1 fully saturated rings. The number of hydrogen-bond donors (Lipinski definition) is 2. The zero-order valence-electron chi connectivity index (χ0n) is 9.77. The number of pyridine rings is 1. The quantitative estimate of drug-likeness (QED) is 0.767. The van der Waals surface area contributed by atoms with Gasteiger partial charge in [0.05, 0.1) is 0 Å². The van der Waals surface area contributed by atoms with Crippen LogP contribution in [0.15, 0.2) is 17.1 Å². The van der Waals surface area contributed by atoms with Crippen molar-refractivity contribution in [2.75, 3.05) is 19.7 Å². The summed E-state index contributed by atoms with van der Waals surface area (Å²) < 4.78 is 0. The monoisotopic (exact) mass is 236 g/mol. The third-order valence-electron chi connectivity index (χ3n) is 3.12. The van der Waals surface area contributed by atoms with Gasteiger partial charge in [0.25, 0.3) is 5.91 Å². The zero-order valence-corrected chi connectivity index (χ0v) is 9.77. The number of nitrogens with zero attached hydrogens (tertiary/aromatic N) is 1. The van der Waals surface area contributed by atoms with E-state index in [1.54, 1.807) is 11.8 Å². The number of aromatic nitrogens is 1. The molecule has 0 aliphatic carbocycles. The molecule has 1 aromatic rings. The molecule has 0 aromatic carbocycles. The van der Waals surface area contributed by atoms with Crippen LogP contribution in [0.25, 0.3) is 0 Å². The standard InChI is InChI=1S/C12H16N2O3/c1-8-4-11(16)10(5-13-8)12(17)14-3-2-9(6-14)7-15/h4-5,9,15H,2-3,6-7H2,1H3,(H,13,16). The molecule has 0 saturated carbocycles. The molecule has 1 saturated heterocycles. The van der Waals surface area contributed by atoms with E-state index < -0.39 is 0 Å². The fraction of sp³-hybridized carbons (Fsp3) is 0.500. The molecular weight excluding hydrogens is 220 g/mol. The normalized spacial score (nSPS) is 19.6. The predicted molar refractivity (Wildman–Crippen MR) is 62.9 cm³/mol. The van der Waals surface area contributed by atoms with Gasteiger partial charge in [0, 0.05) is 43.6 Å². The third-order valence-corrected chi connectivity index (χ3v) is 3.12. The van der Waals surface area contributed by atoms with Crippen LogP contribution in [0.3, 0.4) is 0 Å². The van der Waals surface area contributed by atoms with Gasteiger partial charge in [0.15, 0.2) is 5.43 Å². The number of aromatic amines is 1. The molecule has 2 N–H and O–H groups in total. The van der Waals surface area contributed by atoms with Gasteiger partial charge in [-0.3, -0.25) is 9.59 Å². The van der Waals surface area contributed by atoms with Crippen molar-refractivity contribution in [2.45, 2.75) is 13.3 Å². The molecule has 1 amide bonds. The van der Waals surface area contributed by atoms with Crippen molar-refractivity contribution in [3.8, 4) is 0 Å². The molecule has 0 radical (unpaired) electrons. The summed E-state index contributed by atoms with van der Waals surface area (Å²) in [5.74, 6) is -0.106. The van der Waals surface area contributed by atoms with Gasteiger partial charge < -0.3 is 15.0 Å². The Kier molecular flexibility index (Phi) is 3.28. The average molecular weight is 236 g/mol. The van der Waals surface area contributed by atoms with Crippen LogP contribution < -0.4 is 5.43 Å². The maximum absolute atomic E-state index is 12.1. The Bertz CT molecular complexity index is 481. The molecule has 1 aromatic heterocycles. The number of nitrogens with one attached hydrogen (secondary N) is 1. The number of H-pyrrole nitrogens is 1. The first-order chi connectivity index (χ1) is 8.11. The van der Waals surface area contributed by atoms with Crippen molar-refractivity contribution >= 4 is 5.91 Å². The fourth-order valence-corrected chi connectivity index (χ4v) is 2.08. The van der Waals surface area contributed by atoms with Gasteiger partial charge in [-0.25, -0.2) is 0 Å². The molecule has 5 heteroatoms. The predicted octanol–water partition coefficient (Wildman–Crippen LogP) is 0.138. The van der Waals surface area contributed by atoms with Crippen LogP contribution in [0, 0.1) is 12.8 Å². The Labute approximate surface area is 99.1 Å². The van der Waals surface area contributed by atoms with E-state index in [-0.39, 0.29) is 29.4 Å². The van der Waals surface area contributed by atoms with Gasteiger partial charge in [-0.1, -0.05) is 0 Å². The summed E-state index contributed by atoms with van der Waals surface area (Å²) in [6.07, 6.45) is 2.26. The third kappa shape index (κ3) is 2.39. The number of likely N-dealkylation sites (tertiary alicyclic amines) is 1. The molecule has 2 heterocycles. The van der Waals surface area contributed by atoms with Gasteiger partial charge in [-0.15, -0.1) is 0 Å². The lowest BCUT2D eigenvalue weighted by atomic mass is 10.1. The number of aryl methyl sites for hydroxylation is 1. The molecule has 0 spiro atoms. The minimum atomic E-state index is -0.251. The van der Waals surface area contributed by atoms with E-state index >= 15 is 0 Å². The van der Waals surface area contributed by atoms with Crippen molar-refractivity contribution < 1.29 is 9.90 Å². The summed E-state index contributed by atoms with van der Waals surface area (Å²) in [5, 5.41) is 9.02. The summed E-state index contributed by atoms with van der Waals surface area (Å²) in [6, 6.07) is 1.42. The topological polar surface area (TPSA) is 73.4 Å². The van der Waals surface area contributed by atoms with Crippen molar-refractivity contribution in [2.24, 2.45) is 5.92 Å². The number of carbonyl (C=O) groups excluding carboxylic acids is 1. The van der Waals surface area contributed by atoms with E-state index in [0.717, 1.165) is 12.1 Å². The largest absolute Gasteiger partial charge is 0.396 e. The summed E-state index contributed by atoms with van der Waals surface area (Å²) in [6.45, 7) is 3.00. The number of amides is 1. The van der Waals surface area contributed by atoms with Crippen LogP contribution in [0.5, 0.6) is 0 Å². The lowest BCUT2D eigenvalue weighted by Gasteiger charge is -2.15. The van der Waals surface area contributed by atoms with E-state index in [1.165, 1.54) is 12.3 Å². The van der Waals surface area contributed by atoms with Crippen LogP contribution in [0.2, 0.25) is 0 Å². The summed E-state index contributed by atoms with van der Waals surface area (Å²) in [7, 11) is 0. The molecule has 92 valence electrons. The van der Waals surface area contributed by atoms with Crippen LogP contribution in [-0.4, -0.2) is 40.6 Å². The zero-order chi connectivity index (χ0) is 12.4. The number of aliphatic hydroxyl groups is 1. The van der Waals surface area contributed by atoms with Gasteiger partial charge in [0.2, 0.25) is 0 Å². The minimum Gasteiger partial charge on any atom is -0.396 e. The molecule has 2 rings (SSSR count). The number of aliphatic hydroxyl groups excluding tert-OH is 1. The summed E-state index contributed by atoms with van der Waals surface area (Å²) >= 11 is 0. The SMILES string of the molecule is Cc1cc(=O)c(C(=O)N2CCC(CO)C2)c[nH]1. The fourth-order valence-electron chi connectivity index (χ4n) is 2.08. The summed E-state index contributed by atoms with van der Waals surface area (Å²) in [4.78, 5) is 28.2. The first kappa shape index (κ1) is 11.9. The molecule has 1 atom stereocenters. The first-order valence-corrected chi connectivity index (χ1v) is 5.71. The van der Waals surface area contributed by atoms with E-state index in [9.17, 15) is 9.59 Å². The van der Waals surface area contributed by atoms with Crippen molar-refractivity contribution in [3.05, 3.63) is 33.7 Å². The Morgan fingerprint density at radius 2 is 2.41 bits per heavy atom. The molecular formula is C12H16N2O3. The highest BCUT2D eigenvalue weighted by Gasteiger charge is 2.27. The first-order valence-electron chi connectivity index (χ1n) is 5.71. The summed E-state index contributed by atoms with van der Waals surface area (Å²) in [5.41, 5.74) is 0.661. The van der Waals surface area contributed by atoms with Crippen LogP contribution in [-0.2, 0) is 0 Å².